The van der Waals surface area contributed by atoms with Crippen molar-refractivity contribution in [1.29, 1.82) is 5.26 Å². The average molecular weight is 394 g/mol. The lowest BCUT2D eigenvalue weighted by atomic mass is 10.0. The third-order valence-corrected chi connectivity index (χ3v) is 5.41. The van der Waals surface area contributed by atoms with Crippen LogP contribution in [0, 0.1) is 11.3 Å². The van der Waals surface area contributed by atoms with Crippen LogP contribution in [-0.2, 0) is 30.7 Å². The van der Waals surface area contributed by atoms with Crippen molar-refractivity contribution < 1.29 is 4.74 Å². The van der Waals surface area contributed by atoms with Crippen molar-refractivity contribution in [2.75, 3.05) is 18.4 Å². The van der Waals surface area contributed by atoms with Crippen LogP contribution in [0.2, 0.25) is 0 Å². The second kappa shape index (κ2) is 9.82. The van der Waals surface area contributed by atoms with E-state index in [1.807, 2.05) is 6.92 Å². The minimum atomic E-state index is 0.252. The van der Waals surface area contributed by atoms with Gasteiger partial charge in [0, 0.05) is 26.2 Å². The number of ether oxygens (including phenoxy) is 1. The molecule has 2 aromatic rings. The Morgan fingerprint density at radius 2 is 1.79 bits per heavy atom. The van der Waals surface area contributed by atoms with E-state index < -0.39 is 0 Å². The molecule has 0 spiro atoms. The normalized spacial score (nSPS) is 19.7. The van der Waals surface area contributed by atoms with Crippen LogP contribution < -0.4 is 5.32 Å². The molecule has 1 aliphatic rings. The fraction of sp³-hybridized carbons (Fsp3) is 0.522. The monoisotopic (exact) mass is 393 g/mol. The summed E-state index contributed by atoms with van der Waals surface area (Å²) in [5, 5.41) is 21.7. The van der Waals surface area contributed by atoms with E-state index in [4.69, 9.17) is 4.74 Å². The van der Waals surface area contributed by atoms with E-state index >= 15 is 0 Å². The Morgan fingerprint density at radius 3 is 2.41 bits per heavy atom. The second-order valence-electron chi connectivity index (χ2n) is 7.74. The standard InChI is InChI=1S/C23H31N5O/c1-5-20-21(11-24)23(27-26-22(20)6-2)25-12-18-9-7-8-10-19(18)15-28-13-16(3)29-17(4)14-28/h7-10,16-17H,5-6,12-15H2,1-4H3,(H,25,27). The van der Waals surface area contributed by atoms with Crippen LogP contribution in [0.3, 0.4) is 0 Å². The molecule has 6 heteroatoms. The Bertz CT molecular complexity index is 866. The SMILES string of the molecule is CCc1nnc(NCc2ccccc2CN2CC(C)OC(C)C2)c(C#N)c1CC. The Kier molecular flexibility index (Phi) is 7.18. The molecule has 29 heavy (non-hydrogen) atoms. The average Bonchev–Trinajstić information content (AvgIpc) is 2.71. The maximum Gasteiger partial charge on any atom is 0.167 e. The molecule has 1 N–H and O–H groups in total. The van der Waals surface area contributed by atoms with E-state index in [9.17, 15) is 5.26 Å². The van der Waals surface area contributed by atoms with Gasteiger partial charge in [-0.25, -0.2) is 0 Å². The summed E-state index contributed by atoms with van der Waals surface area (Å²) >= 11 is 0. The maximum absolute atomic E-state index is 9.69. The number of hydrogen-bond acceptors (Lipinski definition) is 6. The number of nitrogens with one attached hydrogen (secondary N) is 1. The summed E-state index contributed by atoms with van der Waals surface area (Å²) in [5.74, 6) is 0.574. The van der Waals surface area contributed by atoms with Gasteiger partial charge in [-0.1, -0.05) is 38.1 Å². The number of hydrogen-bond donors (Lipinski definition) is 1. The van der Waals surface area contributed by atoms with Crippen molar-refractivity contribution in [3.63, 3.8) is 0 Å². The van der Waals surface area contributed by atoms with Crippen LogP contribution in [-0.4, -0.2) is 40.4 Å². The van der Waals surface area contributed by atoms with Crippen molar-refractivity contribution >= 4 is 5.82 Å². The lowest BCUT2D eigenvalue weighted by Crippen LogP contribution is -2.44. The van der Waals surface area contributed by atoms with E-state index in [-0.39, 0.29) is 12.2 Å². The molecule has 1 fully saturated rings. The first-order chi connectivity index (χ1) is 14.0. The Balaban J connectivity index is 1.76. The third kappa shape index (κ3) is 5.11. The highest BCUT2D eigenvalue weighted by molar-refractivity contribution is 5.56. The first-order valence-corrected chi connectivity index (χ1v) is 10.5. The maximum atomic E-state index is 9.69. The van der Waals surface area contributed by atoms with Gasteiger partial charge in [0.15, 0.2) is 5.82 Å². The lowest BCUT2D eigenvalue weighted by molar-refractivity contribution is -0.0705. The molecule has 3 rings (SSSR count). The van der Waals surface area contributed by atoms with Crippen LogP contribution in [0.4, 0.5) is 5.82 Å². The van der Waals surface area contributed by atoms with Gasteiger partial charge in [0.25, 0.3) is 0 Å². The highest BCUT2D eigenvalue weighted by Crippen LogP contribution is 2.22. The van der Waals surface area contributed by atoms with Gasteiger partial charge >= 0.3 is 0 Å². The predicted molar refractivity (Wildman–Crippen MR) is 115 cm³/mol. The summed E-state index contributed by atoms with van der Waals surface area (Å²) in [5.41, 5.74) is 5.02. The molecule has 6 nitrogen and oxygen atoms in total. The van der Waals surface area contributed by atoms with Crippen LogP contribution in [0.25, 0.3) is 0 Å². The van der Waals surface area contributed by atoms with Gasteiger partial charge in [0.05, 0.1) is 17.9 Å². The van der Waals surface area contributed by atoms with Crippen LogP contribution >= 0.6 is 0 Å². The van der Waals surface area contributed by atoms with Crippen molar-refractivity contribution in [2.45, 2.75) is 65.8 Å². The zero-order valence-electron chi connectivity index (χ0n) is 17.9. The number of anilines is 1. The van der Waals surface area contributed by atoms with Gasteiger partial charge in [0.1, 0.15) is 11.6 Å². The number of benzene rings is 1. The van der Waals surface area contributed by atoms with Gasteiger partial charge in [-0.2, -0.15) is 10.4 Å². The minimum Gasteiger partial charge on any atom is -0.373 e. The van der Waals surface area contributed by atoms with Gasteiger partial charge in [0.2, 0.25) is 0 Å². The number of nitrogens with zero attached hydrogens (tertiary/aromatic N) is 4. The molecule has 2 unspecified atom stereocenters. The van der Waals surface area contributed by atoms with E-state index in [0.29, 0.717) is 17.9 Å². The van der Waals surface area contributed by atoms with E-state index in [2.05, 4.69) is 71.5 Å². The van der Waals surface area contributed by atoms with Crippen molar-refractivity contribution in [3.05, 3.63) is 52.2 Å². The zero-order chi connectivity index (χ0) is 20.8. The summed E-state index contributed by atoms with van der Waals surface area (Å²) < 4.78 is 5.86. The number of aryl methyl sites for hydroxylation is 1. The molecule has 2 atom stereocenters. The summed E-state index contributed by atoms with van der Waals surface area (Å²) in [4.78, 5) is 2.45. The second-order valence-corrected chi connectivity index (χ2v) is 7.74. The zero-order valence-corrected chi connectivity index (χ0v) is 17.9. The number of morpholine rings is 1. The topological polar surface area (TPSA) is 74.1 Å². The molecular formula is C23H31N5O. The lowest BCUT2D eigenvalue weighted by Gasteiger charge is -2.35. The highest BCUT2D eigenvalue weighted by Gasteiger charge is 2.22. The van der Waals surface area contributed by atoms with Gasteiger partial charge in [-0.05, 0) is 43.4 Å². The van der Waals surface area contributed by atoms with E-state index in [1.54, 1.807) is 0 Å². The molecule has 0 bridgehead atoms. The van der Waals surface area contributed by atoms with E-state index in [0.717, 1.165) is 43.7 Å². The number of nitriles is 1. The first kappa shape index (κ1) is 21.2. The molecule has 2 heterocycles. The third-order valence-electron chi connectivity index (χ3n) is 5.41. The quantitative estimate of drug-likeness (QED) is 0.773. The summed E-state index contributed by atoms with van der Waals surface area (Å²) in [6.07, 6.45) is 2.06. The van der Waals surface area contributed by atoms with Crippen LogP contribution in [0.5, 0.6) is 0 Å². The number of aromatic nitrogens is 2. The molecule has 0 amide bonds. The fourth-order valence-corrected chi connectivity index (χ4v) is 4.13. The summed E-state index contributed by atoms with van der Waals surface area (Å²) in [6.45, 7) is 11.7. The predicted octanol–water partition coefficient (Wildman–Crippen LogP) is 3.69. The molecule has 1 aliphatic heterocycles. The molecule has 154 valence electrons. The molecular weight excluding hydrogens is 362 g/mol. The van der Waals surface area contributed by atoms with Gasteiger partial charge in [-0.3, -0.25) is 4.90 Å². The summed E-state index contributed by atoms with van der Waals surface area (Å²) in [6, 6.07) is 10.8. The summed E-state index contributed by atoms with van der Waals surface area (Å²) in [7, 11) is 0. The van der Waals surface area contributed by atoms with Crippen molar-refractivity contribution in [3.8, 4) is 6.07 Å². The van der Waals surface area contributed by atoms with Crippen molar-refractivity contribution in [1.82, 2.24) is 15.1 Å². The molecule has 0 saturated carbocycles. The minimum absolute atomic E-state index is 0.252. The van der Waals surface area contributed by atoms with Crippen LogP contribution in [0.1, 0.15) is 55.6 Å². The Hall–Kier alpha value is -2.49. The fourth-order valence-electron chi connectivity index (χ4n) is 4.13. The smallest absolute Gasteiger partial charge is 0.167 e. The first-order valence-electron chi connectivity index (χ1n) is 10.5. The highest BCUT2D eigenvalue weighted by atomic mass is 16.5. The Labute approximate surface area is 173 Å². The van der Waals surface area contributed by atoms with Gasteiger partial charge in [-0.15, -0.1) is 5.10 Å². The van der Waals surface area contributed by atoms with Crippen molar-refractivity contribution in [2.24, 2.45) is 0 Å². The van der Waals surface area contributed by atoms with Gasteiger partial charge < -0.3 is 10.1 Å². The largest absolute Gasteiger partial charge is 0.373 e. The van der Waals surface area contributed by atoms with E-state index in [1.165, 1.54) is 11.1 Å². The Morgan fingerprint density at radius 1 is 1.10 bits per heavy atom. The molecule has 1 saturated heterocycles. The van der Waals surface area contributed by atoms with Crippen LogP contribution in [0.15, 0.2) is 24.3 Å². The molecule has 1 aromatic heterocycles. The molecule has 1 aromatic carbocycles. The number of rotatable bonds is 7. The molecule has 0 aliphatic carbocycles. The molecule has 0 radical (unpaired) electrons.